The van der Waals surface area contributed by atoms with Crippen LogP contribution >= 0.6 is 0 Å². The SMILES string of the molecule is C#CCOc1ccc(C(=O)NC2CC2)c(CC)c1F. The first-order chi connectivity index (χ1) is 9.17. The van der Waals surface area contributed by atoms with Crippen LogP contribution in [0.5, 0.6) is 5.75 Å². The largest absolute Gasteiger partial charge is 0.478 e. The topological polar surface area (TPSA) is 38.3 Å². The zero-order valence-corrected chi connectivity index (χ0v) is 10.8. The second-order valence-corrected chi connectivity index (χ2v) is 4.50. The van der Waals surface area contributed by atoms with E-state index < -0.39 is 5.82 Å². The van der Waals surface area contributed by atoms with Gasteiger partial charge in [0.15, 0.2) is 11.6 Å². The van der Waals surface area contributed by atoms with Crippen LogP contribution in [-0.2, 0) is 6.42 Å². The zero-order chi connectivity index (χ0) is 13.8. The molecule has 0 aliphatic heterocycles. The predicted octanol–water partition coefficient (Wildman–Crippen LogP) is 2.29. The Labute approximate surface area is 112 Å². The van der Waals surface area contributed by atoms with E-state index in [2.05, 4.69) is 11.2 Å². The Bertz CT molecular complexity index is 530. The van der Waals surface area contributed by atoms with E-state index in [0.717, 1.165) is 12.8 Å². The van der Waals surface area contributed by atoms with Crippen molar-refractivity contribution >= 4 is 5.91 Å². The highest BCUT2D eigenvalue weighted by atomic mass is 19.1. The van der Waals surface area contributed by atoms with Gasteiger partial charge in [-0.05, 0) is 31.4 Å². The molecule has 0 radical (unpaired) electrons. The lowest BCUT2D eigenvalue weighted by Crippen LogP contribution is -2.26. The summed E-state index contributed by atoms with van der Waals surface area (Å²) in [7, 11) is 0. The number of nitrogens with one attached hydrogen (secondary N) is 1. The van der Waals surface area contributed by atoms with Gasteiger partial charge in [-0.3, -0.25) is 4.79 Å². The van der Waals surface area contributed by atoms with Gasteiger partial charge in [0, 0.05) is 17.2 Å². The molecule has 0 aromatic heterocycles. The van der Waals surface area contributed by atoms with Crippen LogP contribution in [0.25, 0.3) is 0 Å². The molecule has 1 aliphatic carbocycles. The summed E-state index contributed by atoms with van der Waals surface area (Å²) in [4.78, 5) is 12.0. The predicted molar refractivity (Wildman–Crippen MR) is 70.6 cm³/mol. The number of benzene rings is 1. The minimum Gasteiger partial charge on any atom is -0.478 e. The Morgan fingerprint density at radius 3 is 2.89 bits per heavy atom. The van der Waals surface area contributed by atoms with Gasteiger partial charge in [0.1, 0.15) is 6.61 Å². The molecule has 1 fully saturated rings. The first kappa shape index (κ1) is 13.4. The van der Waals surface area contributed by atoms with Crippen molar-refractivity contribution in [3.8, 4) is 18.1 Å². The third kappa shape index (κ3) is 3.05. The van der Waals surface area contributed by atoms with Gasteiger partial charge in [0.2, 0.25) is 0 Å². The summed E-state index contributed by atoms with van der Waals surface area (Å²) in [6.45, 7) is 1.81. The van der Waals surface area contributed by atoms with Crippen molar-refractivity contribution in [3.63, 3.8) is 0 Å². The molecular weight excluding hydrogens is 245 g/mol. The van der Waals surface area contributed by atoms with Crippen LogP contribution in [0, 0.1) is 18.2 Å². The van der Waals surface area contributed by atoms with Crippen molar-refractivity contribution in [1.82, 2.24) is 5.32 Å². The highest BCUT2D eigenvalue weighted by Gasteiger charge is 2.26. The van der Waals surface area contributed by atoms with Crippen molar-refractivity contribution in [2.24, 2.45) is 0 Å². The van der Waals surface area contributed by atoms with E-state index in [4.69, 9.17) is 11.2 Å². The molecule has 2 rings (SSSR count). The molecule has 1 aromatic rings. The third-order valence-electron chi connectivity index (χ3n) is 3.03. The van der Waals surface area contributed by atoms with Gasteiger partial charge in [-0.2, -0.15) is 0 Å². The van der Waals surface area contributed by atoms with Gasteiger partial charge in [-0.25, -0.2) is 4.39 Å². The number of rotatable bonds is 5. The number of carbonyl (C=O) groups excluding carboxylic acids is 1. The third-order valence-corrected chi connectivity index (χ3v) is 3.03. The quantitative estimate of drug-likeness (QED) is 0.826. The normalized spacial score (nSPS) is 13.7. The van der Waals surface area contributed by atoms with E-state index in [-0.39, 0.29) is 24.3 Å². The van der Waals surface area contributed by atoms with Gasteiger partial charge in [0.25, 0.3) is 5.91 Å². The minimum absolute atomic E-state index is 0.00763. The fourth-order valence-corrected chi connectivity index (χ4v) is 1.88. The van der Waals surface area contributed by atoms with Crippen molar-refractivity contribution in [2.75, 3.05) is 6.61 Å². The summed E-state index contributed by atoms with van der Waals surface area (Å²) in [6.07, 6.45) is 7.50. The molecule has 100 valence electrons. The van der Waals surface area contributed by atoms with Crippen LogP contribution in [0.1, 0.15) is 35.7 Å². The molecular formula is C15H16FNO2. The van der Waals surface area contributed by atoms with E-state index in [9.17, 15) is 9.18 Å². The molecule has 0 unspecified atom stereocenters. The number of amides is 1. The number of hydrogen-bond acceptors (Lipinski definition) is 2. The summed E-state index contributed by atoms with van der Waals surface area (Å²) in [5, 5.41) is 2.86. The molecule has 0 heterocycles. The number of halogens is 1. The standard InChI is InChI=1S/C15H16FNO2/c1-3-9-19-13-8-7-12(11(4-2)14(13)16)15(18)17-10-5-6-10/h1,7-8,10H,4-6,9H2,2H3,(H,17,18). The Kier molecular flexibility index (Phi) is 4.06. The number of carbonyl (C=O) groups is 1. The molecule has 4 heteroatoms. The molecule has 0 bridgehead atoms. The molecule has 1 N–H and O–H groups in total. The molecule has 1 amide bonds. The molecule has 1 saturated carbocycles. The number of ether oxygens (including phenoxy) is 1. The first-order valence-electron chi connectivity index (χ1n) is 6.35. The second-order valence-electron chi connectivity index (χ2n) is 4.50. The van der Waals surface area contributed by atoms with Crippen molar-refractivity contribution in [2.45, 2.75) is 32.2 Å². The molecule has 3 nitrogen and oxygen atoms in total. The maximum atomic E-state index is 14.2. The van der Waals surface area contributed by atoms with Crippen LogP contribution in [0.4, 0.5) is 4.39 Å². The monoisotopic (exact) mass is 261 g/mol. The van der Waals surface area contributed by atoms with E-state index in [1.165, 1.54) is 6.07 Å². The molecule has 0 spiro atoms. The van der Waals surface area contributed by atoms with Crippen molar-refractivity contribution in [1.29, 1.82) is 0 Å². The Hall–Kier alpha value is -2.02. The number of terminal acetylenes is 1. The maximum Gasteiger partial charge on any atom is 0.251 e. The lowest BCUT2D eigenvalue weighted by Gasteiger charge is -2.12. The summed E-state index contributed by atoms with van der Waals surface area (Å²) in [5.74, 6) is 1.66. The Morgan fingerprint density at radius 1 is 1.58 bits per heavy atom. The molecule has 0 atom stereocenters. The lowest BCUT2D eigenvalue weighted by molar-refractivity contribution is 0.0949. The lowest BCUT2D eigenvalue weighted by atomic mass is 10.0. The minimum atomic E-state index is -0.499. The van der Waals surface area contributed by atoms with Crippen LogP contribution < -0.4 is 10.1 Å². The van der Waals surface area contributed by atoms with Crippen molar-refractivity contribution in [3.05, 3.63) is 29.1 Å². The van der Waals surface area contributed by atoms with E-state index in [1.54, 1.807) is 13.0 Å². The molecule has 19 heavy (non-hydrogen) atoms. The maximum absolute atomic E-state index is 14.2. The Balaban J connectivity index is 2.26. The zero-order valence-electron chi connectivity index (χ0n) is 10.8. The summed E-state index contributed by atoms with van der Waals surface area (Å²) < 4.78 is 19.3. The summed E-state index contributed by atoms with van der Waals surface area (Å²) >= 11 is 0. The van der Waals surface area contributed by atoms with Gasteiger partial charge < -0.3 is 10.1 Å². The van der Waals surface area contributed by atoms with Crippen LogP contribution in [-0.4, -0.2) is 18.6 Å². The fraction of sp³-hybridized carbons (Fsp3) is 0.400. The molecule has 0 saturated heterocycles. The van der Waals surface area contributed by atoms with Crippen LogP contribution in [0.15, 0.2) is 12.1 Å². The average Bonchev–Trinajstić information content (AvgIpc) is 3.20. The van der Waals surface area contributed by atoms with Gasteiger partial charge in [-0.15, -0.1) is 6.42 Å². The number of hydrogen-bond donors (Lipinski definition) is 1. The second kappa shape index (κ2) is 5.75. The molecule has 1 aliphatic rings. The highest BCUT2D eigenvalue weighted by molar-refractivity contribution is 5.96. The first-order valence-corrected chi connectivity index (χ1v) is 6.35. The van der Waals surface area contributed by atoms with Gasteiger partial charge in [0.05, 0.1) is 0 Å². The van der Waals surface area contributed by atoms with Crippen molar-refractivity contribution < 1.29 is 13.9 Å². The van der Waals surface area contributed by atoms with Gasteiger partial charge in [-0.1, -0.05) is 12.8 Å². The average molecular weight is 261 g/mol. The van der Waals surface area contributed by atoms with Crippen LogP contribution in [0.2, 0.25) is 0 Å². The Morgan fingerprint density at radius 2 is 2.32 bits per heavy atom. The summed E-state index contributed by atoms with van der Waals surface area (Å²) in [5.41, 5.74) is 0.743. The van der Waals surface area contributed by atoms with E-state index in [1.807, 2.05) is 0 Å². The van der Waals surface area contributed by atoms with Gasteiger partial charge >= 0.3 is 0 Å². The van der Waals surface area contributed by atoms with Crippen LogP contribution in [0.3, 0.4) is 0 Å². The van der Waals surface area contributed by atoms with E-state index >= 15 is 0 Å². The smallest absolute Gasteiger partial charge is 0.251 e. The van der Waals surface area contributed by atoms with E-state index in [0.29, 0.717) is 17.5 Å². The molecule has 1 aromatic carbocycles. The summed E-state index contributed by atoms with van der Waals surface area (Å²) in [6, 6.07) is 3.29. The highest BCUT2D eigenvalue weighted by Crippen LogP contribution is 2.26. The fourth-order valence-electron chi connectivity index (χ4n) is 1.88.